The van der Waals surface area contributed by atoms with Gasteiger partial charge in [-0.1, -0.05) is 6.92 Å². The molecule has 1 fully saturated rings. The number of aliphatic hydroxyl groups is 2. The molecule has 3 rings (SSSR count). The molecule has 9 heteroatoms. The summed E-state index contributed by atoms with van der Waals surface area (Å²) in [6.45, 7) is 1.56. The number of ether oxygens (including phenoxy) is 1. The number of imidazole rings is 1. The third-order valence-electron chi connectivity index (χ3n) is 3.56. The van der Waals surface area contributed by atoms with E-state index in [0.717, 1.165) is 0 Å². The minimum Gasteiger partial charge on any atom is -0.394 e. The summed E-state index contributed by atoms with van der Waals surface area (Å²) in [5.74, 6) is -0.0526. The Morgan fingerprint density at radius 1 is 1.50 bits per heavy atom. The number of nitrogen functional groups attached to an aromatic ring is 1. The third-order valence-corrected chi connectivity index (χ3v) is 3.73. The average molecular weight is 300 g/mol. The van der Waals surface area contributed by atoms with Crippen molar-refractivity contribution >= 4 is 28.6 Å². The first-order valence-electron chi connectivity index (χ1n) is 6.13. The van der Waals surface area contributed by atoms with Crippen molar-refractivity contribution in [3.63, 3.8) is 0 Å². The molecule has 0 radical (unpaired) electrons. The van der Waals surface area contributed by atoms with Crippen LogP contribution in [0.25, 0.3) is 11.2 Å². The lowest BCUT2D eigenvalue weighted by Crippen LogP contribution is -2.28. The van der Waals surface area contributed by atoms with Crippen molar-refractivity contribution in [2.75, 3.05) is 12.3 Å². The summed E-state index contributed by atoms with van der Waals surface area (Å²) in [6.07, 6.45) is -0.392. The van der Waals surface area contributed by atoms with Gasteiger partial charge in [-0.25, -0.2) is 4.98 Å². The highest BCUT2D eigenvalue weighted by molar-refractivity contribution is 6.28. The molecular weight excluding hydrogens is 286 g/mol. The number of hydrogen-bond acceptors (Lipinski definition) is 7. The number of nitrogens with zero attached hydrogens (tertiary/aromatic N) is 4. The maximum atomic E-state index is 10.0. The minimum atomic E-state index is -0.767. The average Bonchev–Trinajstić information content (AvgIpc) is 2.93. The van der Waals surface area contributed by atoms with Crippen LogP contribution in [0.2, 0.25) is 5.28 Å². The van der Waals surface area contributed by atoms with Crippen molar-refractivity contribution in [2.45, 2.75) is 25.4 Å². The van der Waals surface area contributed by atoms with Crippen LogP contribution in [0.15, 0.2) is 6.33 Å². The van der Waals surface area contributed by atoms with E-state index in [1.54, 1.807) is 4.57 Å². The number of hydrogen-bond donors (Lipinski definition) is 3. The van der Waals surface area contributed by atoms with E-state index in [1.807, 2.05) is 6.92 Å². The Hall–Kier alpha value is -1.48. The van der Waals surface area contributed by atoms with Crippen LogP contribution in [-0.4, -0.2) is 48.5 Å². The highest BCUT2D eigenvalue weighted by Crippen LogP contribution is 2.36. The molecule has 0 bridgehead atoms. The largest absolute Gasteiger partial charge is 0.394 e. The number of anilines is 1. The number of halogens is 1. The van der Waals surface area contributed by atoms with E-state index in [0.29, 0.717) is 11.2 Å². The first-order chi connectivity index (χ1) is 9.52. The molecule has 1 aliphatic heterocycles. The van der Waals surface area contributed by atoms with E-state index in [1.165, 1.54) is 6.33 Å². The zero-order valence-electron chi connectivity index (χ0n) is 10.6. The fourth-order valence-corrected chi connectivity index (χ4v) is 2.63. The van der Waals surface area contributed by atoms with Crippen LogP contribution < -0.4 is 5.73 Å². The first-order valence-corrected chi connectivity index (χ1v) is 6.50. The van der Waals surface area contributed by atoms with Gasteiger partial charge in [0.05, 0.1) is 19.0 Å². The fourth-order valence-electron chi connectivity index (χ4n) is 2.46. The highest BCUT2D eigenvalue weighted by atomic mass is 35.5. The standard InChI is InChI=1S/C11H14ClN5O3/c1-4-7(19)5(2-18)20-10(4)17-3-14-6-8(13)15-11(12)16-9(6)17/h3-5,7,10,18-19H,2H2,1H3,(H2,13,15,16). The minimum absolute atomic E-state index is 0.0154. The van der Waals surface area contributed by atoms with Crippen molar-refractivity contribution in [1.29, 1.82) is 0 Å². The number of fused-ring (bicyclic) bond motifs is 1. The summed E-state index contributed by atoms with van der Waals surface area (Å²) in [5, 5.41) is 19.2. The Morgan fingerprint density at radius 2 is 2.25 bits per heavy atom. The van der Waals surface area contributed by atoms with E-state index in [9.17, 15) is 10.2 Å². The molecule has 0 aromatic carbocycles. The zero-order valence-corrected chi connectivity index (χ0v) is 11.4. The molecule has 1 saturated heterocycles. The van der Waals surface area contributed by atoms with Crippen LogP contribution in [0.3, 0.4) is 0 Å². The Labute approximate surface area is 119 Å². The van der Waals surface area contributed by atoms with Crippen molar-refractivity contribution in [3.05, 3.63) is 11.6 Å². The predicted octanol–water partition coefficient (Wildman–Crippen LogP) is -0.0514. The van der Waals surface area contributed by atoms with Gasteiger partial charge < -0.3 is 20.7 Å². The fraction of sp³-hybridized carbons (Fsp3) is 0.545. The zero-order chi connectivity index (χ0) is 14.4. The van der Waals surface area contributed by atoms with Gasteiger partial charge in [-0.15, -0.1) is 0 Å². The molecule has 2 aromatic rings. The molecule has 0 spiro atoms. The molecule has 108 valence electrons. The molecule has 0 amide bonds. The molecule has 8 nitrogen and oxygen atoms in total. The second-order valence-corrected chi connectivity index (χ2v) is 5.14. The molecule has 2 aromatic heterocycles. The van der Waals surface area contributed by atoms with E-state index in [2.05, 4.69) is 15.0 Å². The number of aromatic nitrogens is 4. The molecule has 20 heavy (non-hydrogen) atoms. The van der Waals surface area contributed by atoms with Crippen molar-refractivity contribution in [2.24, 2.45) is 5.92 Å². The Bertz CT molecular complexity index is 648. The monoisotopic (exact) mass is 299 g/mol. The van der Waals surface area contributed by atoms with Crippen LogP contribution >= 0.6 is 11.6 Å². The second kappa shape index (κ2) is 4.81. The van der Waals surface area contributed by atoms with Gasteiger partial charge in [0.25, 0.3) is 0 Å². The number of rotatable bonds is 2. The van der Waals surface area contributed by atoms with E-state index in [-0.39, 0.29) is 23.6 Å². The summed E-state index contributed by atoms with van der Waals surface area (Å²) >= 11 is 5.81. The van der Waals surface area contributed by atoms with Crippen LogP contribution in [-0.2, 0) is 4.74 Å². The lowest BCUT2D eigenvalue weighted by Gasteiger charge is -2.17. The van der Waals surface area contributed by atoms with Gasteiger partial charge in [0.15, 0.2) is 11.5 Å². The van der Waals surface area contributed by atoms with Gasteiger partial charge in [-0.2, -0.15) is 9.97 Å². The van der Waals surface area contributed by atoms with Crippen molar-refractivity contribution < 1.29 is 14.9 Å². The molecule has 1 aliphatic rings. The van der Waals surface area contributed by atoms with E-state index >= 15 is 0 Å². The lowest BCUT2D eigenvalue weighted by molar-refractivity contribution is -0.0447. The summed E-state index contributed by atoms with van der Waals surface area (Å²) in [4.78, 5) is 12.1. The van der Waals surface area contributed by atoms with Crippen molar-refractivity contribution in [1.82, 2.24) is 19.5 Å². The molecule has 0 saturated carbocycles. The van der Waals surface area contributed by atoms with E-state index in [4.69, 9.17) is 22.1 Å². The summed E-state index contributed by atoms with van der Waals surface area (Å²) < 4.78 is 7.29. The van der Waals surface area contributed by atoms with Crippen LogP contribution in [0.1, 0.15) is 13.2 Å². The van der Waals surface area contributed by atoms with Gasteiger partial charge >= 0.3 is 0 Å². The molecule has 4 N–H and O–H groups in total. The maximum absolute atomic E-state index is 10.0. The van der Waals surface area contributed by atoms with E-state index < -0.39 is 18.4 Å². The predicted molar refractivity (Wildman–Crippen MR) is 70.9 cm³/mol. The normalized spacial score (nSPS) is 30.2. The molecular formula is C11H14ClN5O3. The Kier molecular flexibility index (Phi) is 3.25. The maximum Gasteiger partial charge on any atom is 0.226 e. The smallest absolute Gasteiger partial charge is 0.226 e. The van der Waals surface area contributed by atoms with Gasteiger partial charge in [-0.05, 0) is 11.6 Å². The molecule has 0 aliphatic carbocycles. The molecule has 4 atom stereocenters. The highest BCUT2D eigenvalue weighted by Gasteiger charge is 2.42. The third kappa shape index (κ3) is 1.92. The molecule has 4 unspecified atom stereocenters. The van der Waals surface area contributed by atoms with Gasteiger partial charge in [0.1, 0.15) is 17.8 Å². The summed E-state index contributed by atoms with van der Waals surface area (Å²) in [6, 6.07) is 0. The summed E-state index contributed by atoms with van der Waals surface area (Å²) in [5.41, 5.74) is 6.60. The number of nitrogens with two attached hydrogens (primary N) is 1. The Balaban J connectivity index is 2.07. The first kappa shape index (κ1) is 13.5. The number of aliphatic hydroxyl groups excluding tert-OH is 2. The van der Waals surface area contributed by atoms with Crippen LogP contribution in [0, 0.1) is 5.92 Å². The quantitative estimate of drug-likeness (QED) is 0.665. The van der Waals surface area contributed by atoms with Crippen molar-refractivity contribution in [3.8, 4) is 0 Å². The van der Waals surface area contributed by atoms with Crippen LogP contribution in [0.4, 0.5) is 5.82 Å². The van der Waals surface area contributed by atoms with Gasteiger partial charge in [-0.3, -0.25) is 4.57 Å². The lowest BCUT2D eigenvalue weighted by atomic mass is 10.0. The topological polar surface area (TPSA) is 119 Å². The van der Waals surface area contributed by atoms with Crippen LogP contribution in [0.5, 0.6) is 0 Å². The van der Waals surface area contributed by atoms with Gasteiger partial charge in [0, 0.05) is 5.92 Å². The van der Waals surface area contributed by atoms with Gasteiger partial charge in [0.2, 0.25) is 5.28 Å². The summed E-state index contributed by atoms with van der Waals surface area (Å²) in [7, 11) is 0. The SMILES string of the molecule is CC1C(O)C(CO)OC1n1cnc2c(N)nc(Cl)nc21. The second-order valence-electron chi connectivity index (χ2n) is 4.80. The Morgan fingerprint density at radius 3 is 2.90 bits per heavy atom. The molecule has 3 heterocycles.